The highest BCUT2D eigenvalue weighted by molar-refractivity contribution is 7.20. The van der Waals surface area contributed by atoms with Gasteiger partial charge in [-0.05, 0) is 54.5 Å². The topological polar surface area (TPSA) is 95.1 Å². The number of fused-ring (bicyclic) bond motifs is 1. The lowest BCUT2D eigenvalue weighted by atomic mass is 10.1. The second-order valence-corrected chi connectivity index (χ2v) is 10.9. The highest BCUT2D eigenvalue weighted by atomic mass is 32.1. The molecule has 0 radical (unpaired) electrons. The van der Waals surface area contributed by atoms with Crippen molar-refractivity contribution in [1.29, 1.82) is 0 Å². The molecule has 214 valence electrons. The van der Waals surface area contributed by atoms with E-state index in [1.54, 1.807) is 24.1 Å². The maximum absolute atomic E-state index is 15.1. The van der Waals surface area contributed by atoms with Crippen molar-refractivity contribution in [2.75, 3.05) is 36.4 Å². The highest BCUT2D eigenvalue weighted by Gasteiger charge is 2.34. The van der Waals surface area contributed by atoms with E-state index in [2.05, 4.69) is 10.3 Å². The standard InChI is InChI=1S/C30H25F2N5O4S/c1-18(38)35-12-9-19(10-13-35)27-17-24-28(42-27)26(8-11-33-24)41-25-7-4-21(16-23(25)32)34-29(39)37-15-14-36(30(37)40)22-5-2-20(31)3-6-22/h2-9,11,16-17H,10,12-15H2,1H3,(H,34,39). The van der Waals surface area contributed by atoms with Gasteiger partial charge < -0.3 is 15.0 Å². The third-order valence-electron chi connectivity index (χ3n) is 7.14. The van der Waals surface area contributed by atoms with Gasteiger partial charge in [0, 0.05) is 61.1 Å². The van der Waals surface area contributed by atoms with Crippen LogP contribution in [-0.2, 0) is 4.79 Å². The van der Waals surface area contributed by atoms with Crippen LogP contribution in [0.4, 0.5) is 29.7 Å². The van der Waals surface area contributed by atoms with Crippen LogP contribution in [0.2, 0.25) is 0 Å². The van der Waals surface area contributed by atoms with E-state index in [0.717, 1.165) is 38.1 Å². The predicted molar refractivity (Wildman–Crippen MR) is 156 cm³/mol. The fraction of sp³-hybridized carbons (Fsp3) is 0.200. The number of thiophene rings is 1. The van der Waals surface area contributed by atoms with Crippen LogP contribution < -0.4 is 15.0 Å². The number of ether oxygens (including phenoxy) is 1. The Hall–Kier alpha value is -4.84. The summed E-state index contributed by atoms with van der Waals surface area (Å²) in [6.07, 6.45) is 4.37. The summed E-state index contributed by atoms with van der Waals surface area (Å²) < 4.78 is 35.0. The van der Waals surface area contributed by atoms with Crippen LogP contribution >= 0.6 is 11.3 Å². The van der Waals surface area contributed by atoms with Crippen molar-refractivity contribution in [3.8, 4) is 11.5 Å². The number of urea groups is 2. The minimum absolute atomic E-state index is 0.0378. The summed E-state index contributed by atoms with van der Waals surface area (Å²) in [7, 11) is 0. The lowest BCUT2D eigenvalue weighted by molar-refractivity contribution is -0.128. The molecular weight excluding hydrogens is 564 g/mol. The zero-order valence-electron chi connectivity index (χ0n) is 22.5. The Balaban J connectivity index is 1.14. The molecule has 2 aliphatic rings. The quantitative estimate of drug-likeness (QED) is 0.288. The van der Waals surface area contributed by atoms with E-state index in [1.807, 2.05) is 12.1 Å². The zero-order valence-corrected chi connectivity index (χ0v) is 23.3. The molecule has 0 aliphatic carbocycles. The molecule has 2 aromatic heterocycles. The van der Waals surface area contributed by atoms with Crippen LogP contribution in [0.15, 0.2) is 66.9 Å². The van der Waals surface area contributed by atoms with Gasteiger partial charge in [-0.3, -0.25) is 14.7 Å². The maximum Gasteiger partial charge on any atom is 0.332 e. The van der Waals surface area contributed by atoms with Gasteiger partial charge in [-0.1, -0.05) is 6.08 Å². The average Bonchev–Trinajstić information content (AvgIpc) is 3.59. The van der Waals surface area contributed by atoms with Gasteiger partial charge in [-0.15, -0.1) is 11.3 Å². The summed E-state index contributed by atoms with van der Waals surface area (Å²) in [6, 6.07) is 11.8. The molecule has 0 bridgehead atoms. The molecule has 2 aromatic carbocycles. The van der Waals surface area contributed by atoms with Crippen LogP contribution in [0.3, 0.4) is 0 Å². The number of nitrogens with one attached hydrogen (secondary N) is 1. The van der Waals surface area contributed by atoms with Crippen molar-refractivity contribution in [2.24, 2.45) is 0 Å². The van der Waals surface area contributed by atoms with Gasteiger partial charge in [0.2, 0.25) is 5.91 Å². The lowest BCUT2D eigenvalue weighted by Crippen LogP contribution is -2.39. The van der Waals surface area contributed by atoms with E-state index in [4.69, 9.17) is 4.74 Å². The number of imide groups is 1. The summed E-state index contributed by atoms with van der Waals surface area (Å²) in [5.41, 5.74) is 2.48. The molecule has 42 heavy (non-hydrogen) atoms. The number of halogens is 2. The number of benzene rings is 2. The van der Waals surface area contributed by atoms with E-state index in [1.165, 1.54) is 52.6 Å². The van der Waals surface area contributed by atoms with Crippen molar-refractivity contribution >= 4 is 56.5 Å². The van der Waals surface area contributed by atoms with E-state index >= 15 is 4.39 Å². The minimum atomic E-state index is -0.705. The first kappa shape index (κ1) is 27.3. The Morgan fingerprint density at radius 2 is 1.81 bits per heavy atom. The fourth-order valence-corrected chi connectivity index (χ4v) is 6.02. The average molecular weight is 590 g/mol. The SMILES string of the molecule is CC(=O)N1CC=C(c2cc3nccc(Oc4ccc(NC(=O)N5CCN(c6ccc(F)cc6)C5=O)cc4F)c3s2)CC1. The third kappa shape index (κ3) is 5.40. The van der Waals surface area contributed by atoms with Gasteiger partial charge in [0.15, 0.2) is 11.6 Å². The smallest absolute Gasteiger partial charge is 0.332 e. The van der Waals surface area contributed by atoms with Crippen LogP contribution in [0.5, 0.6) is 11.5 Å². The molecule has 2 aliphatic heterocycles. The molecule has 0 saturated carbocycles. The number of aromatic nitrogens is 1. The van der Waals surface area contributed by atoms with Crippen LogP contribution in [0, 0.1) is 11.6 Å². The van der Waals surface area contributed by atoms with Crippen molar-refractivity contribution in [3.05, 3.63) is 83.4 Å². The van der Waals surface area contributed by atoms with Gasteiger partial charge in [0.05, 0.1) is 16.8 Å². The van der Waals surface area contributed by atoms with Crippen molar-refractivity contribution in [3.63, 3.8) is 0 Å². The number of nitrogens with zero attached hydrogens (tertiary/aromatic N) is 4. The number of anilines is 2. The fourth-order valence-electron chi connectivity index (χ4n) is 4.89. The molecule has 0 spiro atoms. The summed E-state index contributed by atoms with van der Waals surface area (Å²) in [6.45, 7) is 3.14. The first-order valence-electron chi connectivity index (χ1n) is 13.2. The molecule has 9 nitrogen and oxygen atoms in total. The molecule has 1 N–H and O–H groups in total. The molecule has 1 fully saturated rings. The zero-order chi connectivity index (χ0) is 29.4. The van der Waals surface area contributed by atoms with Gasteiger partial charge in [-0.2, -0.15) is 0 Å². The van der Waals surface area contributed by atoms with E-state index in [9.17, 15) is 18.8 Å². The van der Waals surface area contributed by atoms with Gasteiger partial charge in [0.25, 0.3) is 0 Å². The second-order valence-electron chi connectivity index (χ2n) is 9.82. The number of amides is 5. The number of rotatable bonds is 5. The molecule has 0 unspecified atom stereocenters. The minimum Gasteiger partial charge on any atom is -0.453 e. The normalized spacial score (nSPS) is 15.3. The molecule has 5 amide bonds. The molecule has 0 atom stereocenters. The maximum atomic E-state index is 15.1. The predicted octanol–water partition coefficient (Wildman–Crippen LogP) is 6.48. The first-order valence-corrected chi connectivity index (χ1v) is 14.0. The number of hydrogen-bond acceptors (Lipinski definition) is 6. The Labute approximate surface area is 243 Å². The van der Waals surface area contributed by atoms with Crippen molar-refractivity contribution in [1.82, 2.24) is 14.8 Å². The molecular formula is C30H25F2N5O4S. The molecule has 12 heteroatoms. The van der Waals surface area contributed by atoms with Crippen LogP contribution in [-0.4, -0.2) is 58.9 Å². The first-order chi connectivity index (χ1) is 20.3. The molecule has 6 rings (SSSR count). The third-order valence-corrected chi connectivity index (χ3v) is 8.36. The summed E-state index contributed by atoms with van der Waals surface area (Å²) in [5, 5.41) is 2.55. The molecule has 4 heterocycles. The molecule has 4 aromatic rings. The summed E-state index contributed by atoms with van der Waals surface area (Å²) >= 11 is 1.49. The number of carbonyl (C=O) groups is 3. The van der Waals surface area contributed by atoms with E-state index in [0.29, 0.717) is 24.5 Å². The van der Waals surface area contributed by atoms with Crippen LogP contribution in [0.25, 0.3) is 15.8 Å². The Morgan fingerprint density at radius 3 is 2.52 bits per heavy atom. The monoisotopic (exact) mass is 589 g/mol. The highest BCUT2D eigenvalue weighted by Crippen LogP contribution is 2.39. The number of pyridine rings is 1. The van der Waals surface area contributed by atoms with Gasteiger partial charge in [-0.25, -0.2) is 23.3 Å². The molecule has 1 saturated heterocycles. The second kappa shape index (κ2) is 11.2. The number of carbonyl (C=O) groups excluding carboxylic acids is 3. The van der Waals surface area contributed by atoms with Crippen LogP contribution in [0.1, 0.15) is 18.2 Å². The number of hydrogen-bond donors (Lipinski definition) is 1. The van der Waals surface area contributed by atoms with Crippen molar-refractivity contribution < 1.29 is 27.9 Å². The Bertz CT molecular complexity index is 1740. The van der Waals surface area contributed by atoms with Gasteiger partial charge in [0.1, 0.15) is 11.6 Å². The van der Waals surface area contributed by atoms with Crippen molar-refractivity contribution in [2.45, 2.75) is 13.3 Å². The summed E-state index contributed by atoms with van der Waals surface area (Å²) in [4.78, 5) is 46.8. The van der Waals surface area contributed by atoms with Gasteiger partial charge >= 0.3 is 12.1 Å². The van der Waals surface area contributed by atoms with E-state index in [-0.39, 0.29) is 30.4 Å². The Morgan fingerprint density at radius 1 is 1.00 bits per heavy atom. The Kier molecular flexibility index (Phi) is 7.29. The largest absolute Gasteiger partial charge is 0.453 e. The lowest BCUT2D eigenvalue weighted by Gasteiger charge is -2.24. The van der Waals surface area contributed by atoms with E-state index < -0.39 is 23.7 Å². The summed E-state index contributed by atoms with van der Waals surface area (Å²) in [5.74, 6) is -0.677.